The molecular weight excluding hydrogens is 311 g/mol. The predicted molar refractivity (Wildman–Crippen MR) is 88.3 cm³/mol. The molecule has 1 aliphatic rings. The molecule has 0 radical (unpaired) electrons. The average molecular weight is 328 g/mol. The van der Waals surface area contributed by atoms with Crippen molar-refractivity contribution in [3.63, 3.8) is 0 Å². The van der Waals surface area contributed by atoms with E-state index < -0.39 is 23.0 Å². The molecule has 2 aromatic carbocycles. The highest BCUT2D eigenvalue weighted by atomic mass is 19.1. The van der Waals surface area contributed by atoms with Crippen LogP contribution in [0.3, 0.4) is 0 Å². The highest BCUT2D eigenvalue weighted by Crippen LogP contribution is 2.47. The second-order valence-electron chi connectivity index (χ2n) is 5.70. The number of hydrogen-bond acceptors (Lipinski definition) is 3. The maximum absolute atomic E-state index is 13.7. The first kappa shape index (κ1) is 16.0. The van der Waals surface area contributed by atoms with Gasteiger partial charge >= 0.3 is 0 Å². The predicted octanol–water partition coefficient (Wildman–Crippen LogP) is 3.19. The van der Waals surface area contributed by atoms with Gasteiger partial charge in [-0.3, -0.25) is 9.59 Å². The van der Waals surface area contributed by atoms with Gasteiger partial charge < -0.3 is 15.4 Å². The molecule has 24 heavy (non-hydrogen) atoms. The quantitative estimate of drug-likeness (QED) is 0.828. The minimum absolute atomic E-state index is 0.0722. The van der Waals surface area contributed by atoms with Gasteiger partial charge in [0.15, 0.2) is 0 Å². The molecule has 2 aromatic rings. The summed E-state index contributed by atoms with van der Waals surface area (Å²) in [6.07, 6.45) is 0.867. The molecule has 0 heterocycles. The smallest absolute Gasteiger partial charge is 0.240 e. The summed E-state index contributed by atoms with van der Waals surface area (Å²) < 4.78 is 18.8. The molecule has 5 nitrogen and oxygen atoms in total. The Morgan fingerprint density at radius 2 is 1.75 bits per heavy atom. The molecule has 2 N–H and O–H groups in total. The summed E-state index contributed by atoms with van der Waals surface area (Å²) >= 11 is 0. The normalized spacial score (nSPS) is 14.6. The van der Waals surface area contributed by atoms with Crippen LogP contribution < -0.4 is 15.4 Å². The largest absolute Gasteiger partial charge is 0.497 e. The van der Waals surface area contributed by atoms with Crippen LogP contribution in [0, 0.1) is 11.2 Å². The zero-order valence-electron chi connectivity index (χ0n) is 13.1. The number of amides is 2. The number of para-hydroxylation sites is 1. The maximum atomic E-state index is 13.7. The second-order valence-corrected chi connectivity index (χ2v) is 5.70. The number of nitrogens with one attached hydrogen (secondary N) is 2. The van der Waals surface area contributed by atoms with Crippen LogP contribution in [0.4, 0.5) is 15.8 Å². The molecule has 1 saturated carbocycles. The molecule has 0 spiro atoms. The average Bonchev–Trinajstić information content (AvgIpc) is 3.39. The minimum atomic E-state index is -1.15. The van der Waals surface area contributed by atoms with Crippen molar-refractivity contribution in [1.29, 1.82) is 0 Å². The number of halogens is 1. The van der Waals surface area contributed by atoms with Crippen LogP contribution in [0.25, 0.3) is 0 Å². The maximum Gasteiger partial charge on any atom is 0.240 e. The fraction of sp³-hybridized carbons (Fsp3) is 0.222. The third kappa shape index (κ3) is 3.08. The lowest BCUT2D eigenvalue weighted by Crippen LogP contribution is -2.35. The van der Waals surface area contributed by atoms with Crippen molar-refractivity contribution < 1.29 is 18.7 Å². The molecule has 0 aliphatic heterocycles. The first-order valence-electron chi connectivity index (χ1n) is 7.57. The first-order chi connectivity index (χ1) is 11.5. The number of ether oxygens (including phenoxy) is 1. The second kappa shape index (κ2) is 6.31. The van der Waals surface area contributed by atoms with Gasteiger partial charge in [-0.05, 0) is 37.1 Å². The van der Waals surface area contributed by atoms with Crippen molar-refractivity contribution in [3.8, 4) is 5.75 Å². The molecule has 0 unspecified atom stereocenters. The van der Waals surface area contributed by atoms with Crippen LogP contribution >= 0.6 is 0 Å². The Labute approximate surface area is 138 Å². The molecule has 0 aromatic heterocycles. The third-order valence-corrected chi connectivity index (χ3v) is 4.07. The van der Waals surface area contributed by atoms with Gasteiger partial charge in [-0.1, -0.05) is 18.2 Å². The summed E-state index contributed by atoms with van der Waals surface area (Å²) in [5, 5.41) is 5.23. The summed E-state index contributed by atoms with van der Waals surface area (Å²) in [6.45, 7) is 0. The van der Waals surface area contributed by atoms with E-state index in [0.29, 0.717) is 24.3 Å². The van der Waals surface area contributed by atoms with Crippen LogP contribution in [0.1, 0.15) is 12.8 Å². The highest BCUT2D eigenvalue weighted by molar-refractivity contribution is 6.16. The molecule has 0 saturated heterocycles. The summed E-state index contributed by atoms with van der Waals surface area (Å²) in [4.78, 5) is 24.9. The van der Waals surface area contributed by atoms with Gasteiger partial charge in [-0.2, -0.15) is 0 Å². The van der Waals surface area contributed by atoms with Gasteiger partial charge in [-0.25, -0.2) is 4.39 Å². The molecule has 0 atom stereocenters. The molecule has 2 amide bonds. The van der Waals surface area contributed by atoms with Crippen LogP contribution in [0.2, 0.25) is 0 Å². The molecule has 124 valence electrons. The Hall–Kier alpha value is -2.89. The van der Waals surface area contributed by atoms with Crippen molar-refractivity contribution in [1.82, 2.24) is 0 Å². The zero-order chi connectivity index (χ0) is 17.2. The monoisotopic (exact) mass is 328 g/mol. The number of rotatable bonds is 5. The van der Waals surface area contributed by atoms with Crippen molar-refractivity contribution in [3.05, 3.63) is 54.3 Å². The minimum Gasteiger partial charge on any atom is -0.497 e. The third-order valence-electron chi connectivity index (χ3n) is 4.07. The first-order valence-corrected chi connectivity index (χ1v) is 7.57. The number of anilines is 2. The Bertz CT molecular complexity index is 787. The summed E-state index contributed by atoms with van der Waals surface area (Å²) in [7, 11) is 1.53. The van der Waals surface area contributed by atoms with Gasteiger partial charge in [0, 0.05) is 11.8 Å². The molecule has 0 bridgehead atoms. The van der Waals surface area contributed by atoms with Crippen molar-refractivity contribution >= 4 is 23.2 Å². The molecular formula is C18H17FN2O3. The van der Waals surface area contributed by atoms with E-state index in [-0.39, 0.29) is 5.69 Å². The Balaban J connectivity index is 1.72. The molecule has 6 heteroatoms. The highest BCUT2D eigenvalue weighted by Gasteiger charge is 2.56. The Morgan fingerprint density at radius 3 is 2.42 bits per heavy atom. The van der Waals surface area contributed by atoms with Gasteiger partial charge in [0.05, 0.1) is 12.8 Å². The summed E-state index contributed by atoms with van der Waals surface area (Å²) in [5.41, 5.74) is -0.530. The fourth-order valence-corrected chi connectivity index (χ4v) is 2.44. The van der Waals surface area contributed by atoms with E-state index in [0.717, 1.165) is 0 Å². The summed E-state index contributed by atoms with van der Waals surface area (Å²) in [6, 6.07) is 12.8. The fourth-order valence-electron chi connectivity index (χ4n) is 2.44. The zero-order valence-corrected chi connectivity index (χ0v) is 13.1. The van der Waals surface area contributed by atoms with E-state index in [1.165, 1.54) is 25.3 Å². The van der Waals surface area contributed by atoms with Crippen molar-refractivity contribution in [2.75, 3.05) is 17.7 Å². The standard InChI is InChI=1S/C18H17FN2O3/c1-24-13-6-4-5-12(11-13)20-16(22)18(9-10-18)17(23)21-15-8-3-2-7-14(15)19/h2-8,11H,9-10H2,1H3,(H,20,22)(H,21,23). The number of hydrogen-bond donors (Lipinski definition) is 2. The van der Waals surface area contributed by atoms with Crippen LogP contribution in [-0.2, 0) is 9.59 Å². The number of carbonyl (C=O) groups excluding carboxylic acids is 2. The number of methoxy groups -OCH3 is 1. The van der Waals surface area contributed by atoms with E-state index in [4.69, 9.17) is 4.74 Å². The van der Waals surface area contributed by atoms with Crippen LogP contribution in [-0.4, -0.2) is 18.9 Å². The molecule has 3 rings (SSSR count). The van der Waals surface area contributed by atoms with E-state index in [9.17, 15) is 14.0 Å². The van der Waals surface area contributed by atoms with Crippen molar-refractivity contribution in [2.45, 2.75) is 12.8 Å². The number of benzene rings is 2. The molecule has 1 fully saturated rings. The Morgan fingerprint density at radius 1 is 1.04 bits per heavy atom. The number of carbonyl (C=O) groups is 2. The van der Waals surface area contributed by atoms with E-state index in [1.54, 1.807) is 30.3 Å². The van der Waals surface area contributed by atoms with E-state index in [2.05, 4.69) is 10.6 Å². The molecule has 1 aliphatic carbocycles. The van der Waals surface area contributed by atoms with Crippen LogP contribution in [0.15, 0.2) is 48.5 Å². The van der Waals surface area contributed by atoms with Gasteiger partial charge in [-0.15, -0.1) is 0 Å². The van der Waals surface area contributed by atoms with E-state index >= 15 is 0 Å². The SMILES string of the molecule is COc1cccc(NC(=O)C2(C(=O)Nc3ccccc3F)CC2)c1. The lowest BCUT2D eigenvalue weighted by molar-refractivity contribution is -0.131. The van der Waals surface area contributed by atoms with Gasteiger partial charge in [0.2, 0.25) is 11.8 Å². The lowest BCUT2D eigenvalue weighted by atomic mass is 10.0. The topological polar surface area (TPSA) is 67.4 Å². The summed E-state index contributed by atoms with van der Waals surface area (Å²) in [5.74, 6) is -0.819. The Kier molecular flexibility index (Phi) is 4.20. The van der Waals surface area contributed by atoms with Crippen LogP contribution in [0.5, 0.6) is 5.75 Å². The lowest BCUT2D eigenvalue weighted by Gasteiger charge is -2.16. The van der Waals surface area contributed by atoms with Gasteiger partial charge in [0.1, 0.15) is 17.0 Å². The van der Waals surface area contributed by atoms with Crippen molar-refractivity contribution in [2.24, 2.45) is 5.41 Å². The van der Waals surface area contributed by atoms with Gasteiger partial charge in [0.25, 0.3) is 0 Å². The van der Waals surface area contributed by atoms with E-state index in [1.807, 2.05) is 0 Å².